The molecule has 0 radical (unpaired) electrons. The number of amides is 1. The number of nitrogens with zero attached hydrogens (tertiary/aromatic N) is 1. The van der Waals surface area contributed by atoms with Gasteiger partial charge in [-0.15, -0.1) is 0 Å². The highest BCUT2D eigenvalue weighted by molar-refractivity contribution is 6.34. The van der Waals surface area contributed by atoms with E-state index < -0.39 is 6.09 Å². The van der Waals surface area contributed by atoms with Crippen molar-refractivity contribution in [2.45, 2.75) is 18.4 Å². The Labute approximate surface area is 115 Å². The van der Waals surface area contributed by atoms with Gasteiger partial charge >= 0.3 is 6.09 Å². The van der Waals surface area contributed by atoms with Crippen LogP contribution in [0.1, 0.15) is 17.9 Å². The third-order valence-electron chi connectivity index (χ3n) is 3.25. The molecule has 0 unspecified atom stereocenters. The molecule has 1 amide bonds. The molecule has 4 nitrogen and oxygen atoms in total. The molecule has 6 heteroatoms. The molecule has 98 valence electrons. The van der Waals surface area contributed by atoms with Gasteiger partial charge in [-0.3, -0.25) is 0 Å². The van der Waals surface area contributed by atoms with Crippen LogP contribution in [0, 0.1) is 0 Å². The standard InChI is InChI=1S/C12H14Cl2N2O2/c13-8-3-7(4-9(14)5-8)10-6-16(12(17)18)2-1-11(10)15/h3-5,10-11H,1-2,6,15H2,(H,17,18)/t10-,11+/m0/s1. The van der Waals surface area contributed by atoms with Crippen LogP contribution in [0.4, 0.5) is 4.79 Å². The second kappa shape index (κ2) is 5.34. The number of benzene rings is 1. The molecule has 3 N–H and O–H groups in total. The van der Waals surface area contributed by atoms with Gasteiger partial charge in [-0.05, 0) is 30.2 Å². The number of rotatable bonds is 1. The summed E-state index contributed by atoms with van der Waals surface area (Å²) < 4.78 is 0. The van der Waals surface area contributed by atoms with Gasteiger partial charge in [0.05, 0.1) is 0 Å². The minimum atomic E-state index is -0.917. The monoisotopic (exact) mass is 288 g/mol. The van der Waals surface area contributed by atoms with Crippen LogP contribution in [-0.2, 0) is 0 Å². The van der Waals surface area contributed by atoms with E-state index >= 15 is 0 Å². The molecule has 1 fully saturated rings. The summed E-state index contributed by atoms with van der Waals surface area (Å²) in [5.41, 5.74) is 6.96. The lowest BCUT2D eigenvalue weighted by atomic mass is 9.87. The van der Waals surface area contributed by atoms with Crippen molar-refractivity contribution in [3.63, 3.8) is 0 Å². The van der Waals surface area contributed by atoms with Crippen molar-refractivity contribution < 1.29 is 9.90 Å². The van der Waals surface area contributed by atoms with Gasteiger partial charge < -0.3 is 15.7 Å². The predicted octanol–water partition coefficient (Wildman–Crippen LogP) is 2.79. The summed E-state index contributed by atoms with van der Waals surface area (Å²) >= 11 is 11.9. The summed E-state index contributed by atoms with van der Waals surface area (Å²) in [6.07, 6.45) is -0.277. The largest absolute Gasteiger partial charge is 0.465 e. The quantitative estimate of drug-likeness (QED) is 0.835. The van der Waals surface area contributed by atoms with Crippen molar-refractivity contribution in [3.05, 3.63) is 33.8 Å². The molecule has 1 aromatic carbocycles. The van der Waals surface area contributed by atoms with Crippen LogP contribution in [0.25, 0.3) is 0 Å². The minimum absolute atomic E-state index is 0.0638. The van der Waals surface area contributed by atoms with Crippen LogP contribution >= 0.6 is 23.2 Å². The minimum Gasteiger partial charge on any atom is -0.465 e. The van der Waals surface area contributed by atoms with E-state index in [9.17, 15) is 4.79 Å². The highest BCUT2D eigenvalue weighted by Crippen LogP contribution is 2.30. The van der Waals surface area contributed by atoms with Crippen molar-refractivity contribution >= 4 is 29.3 Å². The number of likely N-dealkylation sites (tertiary alicyclic amines) is 1. The number of carboxylic acid groups (broad SMARTS) is 1. The van der Waals surface area contributed by atoms with E-state index in [1.54, 1.807) is 18.2 Å². The Kier molecular flexibility index (Phi) is 4.00. The number of nitrogens with two attached hydrogens (primary N) is 1. The van der Waals surface area contributed by atoms with E-state index in [2.05, 4.69) is 0 Å². The van der Waals surface area contributed by atoms with E-state index in [1.165, 1.54) is 4.90 Å². The van der Waals surface area contributed by atoms with Crippen LogP contribution in [0.15, 0.2) is 18.2 Å². The SMILES string of the molecule is N[C@@H]1CCN(C(=O)O)C[C@H]1c1cc(Cl)cc(Cl)c1. The van der Waals surface area contributed by atoms with E-state index in [1.807, 2.05) is 0 Å². The lowest BCUT2D eigenvalue weighted by molar-refractivity contribution is 0.126. The number of piperidine rings is 1. The molecule has 18 heavy (non-hydrogen) atoms. The molecule has 2 atom stereocenters. The van der Waals surface area contributed by atoms with Crippen molar-refractivity contribution in [1.82, 2.24) is 4.90 Å². The fraction of sp³-hybridized carbons (Fsp3) is 0.417. The summed E-state index contributed by atoms with van der Waals surface area (Å²) in [5.74, 6) is -0.0638. The normalized spacial score (nSPS) is 24.1. The maximum atomic E-state index is 11.0. The molecule has 1 aliphatic rings. The first-order chi connectivity index (χ1) is 8.47. The van der Waals surface area contributed by atoms with Gasteiger partial charge in [-0.1, -0.05) is 23.2 Å². The zero-order valence-corrected chi connectivity index (χ0v) is 11.2. The molecule has 0 aliphatic carbocycles. The Morgan fingerprint density at radius 3 is 2.50 bits per heavy atom. The number of halogens is 2. The van der Waals surface area contributed by atoms with Gasteiger partial charge in [-0.2, -0.15) is 0 Å². The van der Waals surface area contributed by atoms with Gasteiger partial charge in [0.1, 0.15) is 0 Å². The zero-order chi connectivity index (χ0) is 13.3. The molecule has 0 bridgehead atoms. The van der Waals surface area contributed by atoms with Gasteiger partial charge in [0.15, 0.2) is 0 Å². The maximum absolute atomic E-state index is 11.0. The Morgan fingerprint density at radius 1 is 1.33 bits per heavy atom. The predicted molar refractivity (Wildman–Crippen MR) is 71.4 cm³/mol. The Bertz CT molecular complexity index is 447. The summed E-state index contributed by atoms with van der Waals surface area (Å²) in [5, 5.41) is 10.1. The topological polar surface area (TPSA) is 66.6 Å². The molecule has 1 saturated heterocycles. The van der Waals surface area contributed by atoms with Crippen molar-refractivity contribution in [2.24, 2.45) is 5.73 Å². The third-order valence-corrected chi connectivity index (χ3v) is 3.69. The molecular formula is C12H14Cl2N2O2. The van der Waals surface area contributed by atoms with Crippen LogP contribution in [-0.4, -0.2) is 35.2 Å². The smallest absolute Gasteiger partial charge is 0.407 e. The first-order valence-corrected chi connectivity index (χ1v) is 6.42. The Hall–Kier alpha value is -0.970. The average Bonchev–Trinajstić information content (AvgIpc) is 2.27. The third kappa shape index (κ3) is 2.88. The van der Waals surface area contributed by atoms with Crippen LogP contribution in [0.3, 0.4) is 0 Å². The van der Waals surface area contributed by atoms with E-state index in [0.717, 1.165) is 5.56 Å². The molecule has 0 saturated carbocycles. The second-order valence-corrected chi connectivity index (χ2v) is 5.36. The van der Waals surface area contributed by atoms with Crippen molar-refractivity contribution in [1.29, 1.82) is 0 Å². The molecule has 2 rings (SSSR count). The summed E-state index contributed by atoms with van der Waals surface area (Å²) in [7, 11) is 0. The molecular weight excluding hydrogens is 275 g/mol. The molecule has 0 spiro atoms. The number of hydrogen-bond donors (Lipinski definition) is 2. The highest BCUT2D eigenvalue weighted by atomic mass is 35.5. The number of hydrogen-bond acceptors (Lipinski definition) is 2. The van der Waals surface area contributed by atoms with Crippen LogP contribution in [0.2, 0.25) is 10.0 Å². The van der Waals surface area contributed by atoms with E-state index in [4.69, 9.17) is 34.0 Å². The van der Waals surface area contributed by atoms with E-state index in [-0.39, 0.29) is 12.0 Å². The highest BCUT2D eigenvalue weighted by Gasteiger charge is 2.30. The molecule has 0 aromatic heterocycles. The molecule has 1 heterocycles. The number of carbonyl (C=O) groups is 1. The summed E-state index contributed by atoms with van der Waals surface area (Å²) in [4.78, 5) is 12.4. The van der Waals surface area contributed by atoms with Gasteiger partial charge in [-0.25, -0.2) is 4.79 Å². The molecule has 1 aliphatic heterocycles. The van der Waals surface area contributed by atoms with E-state index in [0.29, 0.717) is 29.6 Å². The maximum Gasteiger partial charge on any atom is 0.407 e. The van der Waals surface area contributed by atoms with Crippen LogP contribution < -0.4 is 5.73 Å². The lowest BCUT2D eigenvalue weighted by Gasteiger charge is -2.35. The Balaban J connectivity index is 2.26. The fourth-order valence-electron chi connectivity index (χ4n) is 2.29. The first-order valence-electron chi connectivity index (χ1n) is 5.67. The lowest BCUT2D eigenvalue weighted by Crippen LogP contribution is -2.47. The van der Waals surface area contributed by atoms with Crippen molar-refractivity contribution in [3.8, 4) is 0 Å². The van der Waals surface area contributed by atoms with Gasteiger partial charge in [0, 0.05) is 35.1 Å². The van der Waals surface area contributed by atoms with Crippen molar-refractivity contribution in [2.75, 3.05) is 13.1 Å². The summed E-state index contributed by atoms with van der Waals surface area (Å²) in [6, 6.07) is 5.16. The second-order valence-electron chi connectivity index (χ2n) is 4.49. The van der Waals surface area contributed by atoms with Gasteiger partial charge in [0.25, 0.3) is 0 Å². The zero-order valence-electron chi connectivity index (χ0n) is 9.64. The fourth-order valence-corrected chi connectivity index (χ4v) is 2.83. The molecule has 1 aromatic rings. The summed E-state index contributed by atoms with van der Waals surface area (Å²) in [6.45, 7) is 0.856. The average molecular weight is 289 g/mol. The first kappa shape index (κ1) is 13.5. The van der Waals surface area contributed by atoms with Gasteiger partial charge in [0.2, 0.25) is 0 Å². The Morgan fingerprint density at radius 2 is 1.94 bits per heavy atom. The van der Waals surface area contributed by atoms with Crippen LogP contribution in [0.5, 0.6) is 0 Å².